The molecule has 4 rings (SSSR count). The van der Waals surface area contributed by atoms with Crippen LogP contribution in [0.1, 0.15) is 27.2 Å². The summed E-state index contributed by atoms with van der Waals surface area (Å²) in [4.78, 5) is 8.54. The molecule has 2 aliphatic rings. The van der Waals surface area contributed by atoms with Crippen molar-refractivity contribution in [3.05, 3.63) is 72.7 Å². The molecule has 0 radical (unpaired) electrons. The molecule has 3 heterocycles. The van der Waals surface area contributed by atoms with Crippen LogP contribution in [0.15, 0.2) is 72.7 Å². The summed E-state index contributed by atoms with van der Waals surface area (Å²) in [6.07, 6.45) is 16.6. The van der Waals surface area contributed by atoms with Gasteiger partial charge in [-0.2, -0.15) is 0 Å². The lowest BCUT2D eigenvalue weighted by molar-refractivity contribution is -0.147. The van der Waals surface area contributed by atoms with E-state index < -0.39 is 5.72 Å². The summed E-state index contributed by atoms with van der Waals surface area (Å²) < 4.78 is 8.78. The van der Waals surface area contributed by atoms with Crippen molar-refractivity contribution < 1.29 is 4.74 Å². The Balaban J connectivity index is 1.88. The number of nitrogens with zero attached hydrogens (tertiary/aromatic N) is 3. The fourth-order valence-corrected chi connectivity index (χ4v) is 3.44. The number of allylic oxidation sites excluding steroid dienone is 3. The third-order valence-corrected chi connectivity index (χ3v) is 4.86. The Hall–Kier alpha value is -2.62. The molecule has 0 spiro atoms. The fourth-order valence-electron chi connectivity index (χ4n) is 3.44. The van der Waals surface area contributed by atoms with Gasteiger partial charge in [0, 0.05) is 35.4 Å². The topological polar surface area (TPSA) is 39.9 Å². The lowest BCUT2D eigenvalue weighted by Crippen LogP contribution is -2.48. The SMILES string of the molecule is CC(C)(C)C1(n2cncc2-c2ccncc2)CC=C2C=CC=C2O1. The molecule has 2 aromatic rings. The van der Waals surface area contributed by atoms with Crippen molar-refractivity contribution in [2.75, 3.05) is 0 Å². The van der Waals surface area contributed by atoms with Gasteiger partial charge in [0.05, 0.1) is 18.2 Å². The molecule has 0 saturated heterocycles. The van der Waals surface area contributed by atoms with E-state index in [2.05, 4.69) is 47.5 Å². The molecule has 0 amide bonds. The Labute approximate surface area is 142 Å². The first-order valence-electron chi connectivity index (χ1n) is 8.22. The van der Waals surface area contributed by atoms with Gasteiger partial charge in [-0.05, 0) is 18.2 Å². The lowest BCUT2D eigenvalue weighted by Gasteiger charge is -2.48. The van der Waals surface area contributed by atoms with E-state index in [9.17, 15) is 0 Å². The fraction of sp³-hybridized carbons (Fsp3) is 0.300. The number of rotatable bonds is 2. The molecule has 0 aromatic carbocycles. The third kappa shape index (κ3) is 2.13. The molecule has 1 unspecified atom stereocenters. The Morgan fingerprint density at radius 2 is 1.96 bits per heavy atom. The van der Waals surface area contributed by atoms with Gasteiger partial charge in [0.25, 0.3) is 0 Å². The van der Waals surface area contributed by atoms with Gasteiger partial charge in [0.1, 0.15) is 5.76 Å². The Morgan fingerprint density at radius 1 is 1.17 bits per heavy atom. The van der Waals surface area contributed by atoms with Gasteiger partial charge in [-0.3, -0.25) is 9.55 Å². The van der Waals surface area contributed by atoms with Crippen molar-refractivity contribution in [3.8, 4) is 11.3 Å². The highest BCUT2D eigenvalue weighted by Crippen LogP contribution is 2.49. The Morgan fingerprint density at radius 3 is 2.71 bits per heavy atom. The van der Waals surface area contributed by atoms with Crippen molar-refractivity contribution in [1.82, 2.24) is 14.5 Å². The van der Waals surface area contributed by atoms with E-state index in [1.807, 2.05) is 36.8 Å². The zero-order valence-corrected chi connectivity index (χ0v) is 14.2. The third-order valence-electron chi connectivity index (χ3n) is 4.86. The Kier molecular flexibility index (Phi) is 3.23. The van der Waals surface area contributed by atoms with Crippen LogP contribution in [-0.2, 0) is 10.5 Å². The first-order chi connectivity index (χ1) is 11.5. The van der Waals surface area contributed by atoms with Gasteiger partial charge >= 0.3 is 0 Å². The molecule has 0 fully saturated rings. The molecule has 0 bridgehead atoms. The van der Waals surface area contributed by atoms with E-state index in [4.69, 9.17) is 4.74 Å². The maximum Gasteiger partial charge on any atom is 0.196 e. The van der Waals surface area contributed by atoms with Crippen molar-refractivity contribution in [2.45, 2.75) is 32.9 Å². The number of hydrogen-bond acceptors (Lipinski definition) is 3. The average Bonchev–Trinajstić information content (AvgIpc) is 3.23. The van der Waals surface area contributed by atoms with Gasteiger partial charge < -0.3 is 4.74 Å². The summed E-state index contributed by atoms with van der Waals surface area (Å²) >= 11 is 0. The lowest BCUT2D eigenvalue weighted by atomic mass is 9.78. The van der Waals surface area contributed by atoms with E-state index in [0.717, 1.165) is 23.4 Å². The molecule has 4 nitrogen and oxygen atoms in total. The van der Waals surface area contributed by atoms with Gasteiger partial charge in [0.2, 0.25) is 0 Å². The predicted molar refractivity (Wildman–Crippen MR) is 93.9 cm³/mol. The van der Waals surface area contributed by atoms with Crippen LogP contribution in [0.3, 0.4) is 0 Å². The summed E-state index contributed by atoms with van der Waals surface area (Å²) in [5.74, 6) is 0.936. The molecule has 1 aliphatic carbocycles. The number of aromatic nitrogens is 3. The zero-order valence-electron chi connectivity index (χ0n) is 14.2. The largest absolute Gasteiger partial charge is 0.466 e. The van der Waals surface area contributed by atoms with E-state index in [-0.39, 0.29) is 5.41 Å². The molecule has 1 atom stereocenters. The quantitative estimate of drug-likeness (QED) is 0.821. The van der Waals surface area contributed by atoms with Crippen LogP contribution in [0.4, 0.5) is 0 Å². The maximum atomic E-state index is 6.61. The van der Waals surface area contributed by atoms with Crippen molar-refractivity contribution >= 4 is 0 Å². The highest BCUT2D eigenvalue weighted by atomic mass is 16.5. The Bertz CT molecular complexity index is 853. The summed E-state index contributed by atoms with van der Waals surface area (Å²) in [6, 6.07) is 4.01. The van der Waals surface area contributed by atoms with Crippen LogP contribution in [0.5, 0.6) is 0 Å². The zero-order chi connectivity index (χ0) is 16.8. The number of fused-ring (bicyclic) bond motifs is 1. The van der Waals surface area contributed by atoms with Gasteiger partial charge in [-0.15, -0.1) is 0 Å². The number of hydrogen-bond donors (Lipinski definition) is 0. The van der Waals surface area contributed by atoms with Crippen molar-refractivity contribution in [2.24, 2.45) is 5.41 Å². The minimum absolute atomic E-state index is 0.124. The molecular formula is C20H21N3O. The molecule has 2 aromatic heterocycles. The van der Waals surface area contributed by atoms with Crippen LogP contribution >= 0.6 is 0 Å². The monoisotopic (exact) mass is 319 g/mol. The van der Waals surface area contributed by atoms with Crippen LogP contribution in [0.25, 0.3) is 11.3 Å². The second-order valence-electron chi connectivity index (χ2n) is 7.27. The summed E-state index contributed by atoms with van der Waals surface area (Å²) in [7, 11) is 0. The van der Waals surface area contributed by atoms with Crippen molar-refractivity contribution in [3.63, 3.8) is 0 Å². The molecule has 0 saturated carbocycles. The second-order valence-corrected chi connectivity index (χ2v) is 7.27. The van der Waals surface area contributed by atoms with E-state index in [1.165, 1.54) is 5.57 Å². The molecular weight excluding hydrogens is 298 g/mol. The van der Waals surface area contributed by atoms with Gasteiger partial charge in [-0.25, -0.2) is 4.98 Å². The van der Waals surface area contributed by atoms with Gasteiger partial charge in [0.15, 0.2) is 5.72 Å². The smallest absolute Gasteiger partial charge is 0.196 e. The maximum absolute atomic E-state index is 6.61. The standard InChI is InChI=1S/C20H21N3O/c1-19(2,3)20(10-7-16-5-4-6-18(16)24-20)23-14-22-13-17(23)15-8-11-21-12-9-15/h4-9,11-14H,10H2,1-3H3. The van der Waals surface area contributed by atoms with E-state index in [1.54, 1.807) is 12.4 Å². The minimum Gasteiger partial charge on any atom is -0.466 e. The van der Waals surface area contributed by atoms with Gasteiger partial charge in [-0.1, -0.05) is 39.0 Å². The molecule has 122 valence electrons. The average molecular weight is 319 g/mol. The molecule has 1 aliphatic heterocycles. The second kappa shape index (κ2) is 5.20. The van der Waals surface area contributed by atoms with Crippen LogP contribution < -0.4 is 0 Å². The number of imidazole rings is 1. The number of pyridine rings is 1. The van der Waals surface area contributed by atoms with Crippen molar-refractivity contribution in [1.29, 1.82) is 0 Å². The van der Waals surface area contributed by atoms with E-state index >= 15 is 0 Å². The molecule has 4 heteroatoms. The first-order valence-corrected chi connectivity index (χ1v) is 8.22. The summed E-state index contributed by atoms with van der Waals surface area (Å²) in [5.41, 5.74) is 2.64. The highest BCUT2D eigenvalue weighted by Gasteiger charge is 2.49. The molecule has 24 heavy (non-hydrogen) atoms. The van der Waals surface area contributed by atoms with Crippen LogP contribution in [0, 0.1) is 5.41 Å². The summed E-state index contributed by atoms with van der Waals surface area (Å²) in [6.45, 7) is 6.64. The normalized spacial score (nSPS) is 22.6. The van der Waals surface area contributed by atoms with E-state index in [0.29, 0.717) is 0 Å². The molecule has 0 N–H and O–H groups in total. The minimum atomic E-state index is -0.524. The predicted octanol–water partition coefficient (Wildman–Crippen LogP) is 4.44. The highest BCUT2D eigenvalue weighted by molar-refractivity contribution is 5.58. The number of ether oxygens (including phenoxy) is 1. The van der Waals surface area contributed by atoms with Crippen LogP contribution in [0.2, 0.25) is 0 Å². The first kappa shape index (κ1) is 14.9. The summed E-state index contributed by atoms with van der Waals surface area (Å²) in [5, 5.41) is 0. The van der Waals surface area contributed by atoms with Crippen LogP contribution in [-0.4, -0.2) is 14.5 Å².